The van der Waals surface area contributed by atoms with E-state index in [0.29, 0.717) is 18.4 Å². The van der Waals surface area contributed by atoms with Gasteiger partial charge in [0, 0.05) is 5.56 Å². The summed E-state index contributed by atoms with van der Waals surface area (Å²) < 4.78 is 5.23. The molecule has 7 nitrogen and oxygen atoms in total. The summed E-state index contributed by atoms with van der Waals surface area (Å²) in [5, 5.41) is 2.83. The quantitative estimate of drug-likeness (QED) is 0.454. The number of carbonyl (C=O) groups excluding carboxylic acids is 4. The third kappa shape index (κ3) is 4.40. The number of imide groups is 1. The van der Waals surface area contributed by atoms with Crippen molar-refractivity contribution in [1.82, 2.24) is 10.2 Å². The standard InChI is InChI=1S/C23H30N2O5/c1-14-6-8-17(9-7-14)19(27)16(3)30-18(26)12-25-20(28)23(24-21(25)29)11-15(2)10-22(4,5)13-23/h6-9,15-16H,10-13H2,1-5H3,(H,24,29). The van der Waals surface area contributed by atoms with Crippen molar-refractivity contribution in [2.24, 2.45) is 11.3 Å². The van der Waals surface area contributed by atoms with E-state index in [1.807, 2.05) is 6.92 Å². The largest absolute Gasteiger partial charge is 0.453 e. The van der Waals surface area contributed by atoms with Gasteiger partial charge < -0.3 is 10.1 Å². The number of ketones is 1. The lowest BCUT2D eigenvalue weighted by molar-refractivity contribution is -0.150. The Labute approximate surface area is 177 Å². The summed E-state index contributed by atoms with van der Waals surface area (Å²) in [5.74, 6) is -1.23. The number of hydrogen-bond acceptors (Lipinski definition) is 5. The summed E-state index contributed by atoms with van der Waals surface area (Å²) in [6.07, 6.45) is 1.04. The topological polar surface area (TPSA) is 92.8 Å². The second-order valence-electron chi connectivity index (χ2n) is 9.62. The predicted molar refractivity (Wildman–Crippen MR) is 111 cm³/mol. The van der Waals surface area contributed by atoms with Crippen LogP contribution < -0.4 is 5.32 Å². The predicted octanol–water partition coefficient (Wildman–Crippen LogP) is 3.25. The van der Waals surface area contributed by atoms with Gasteiger partial charge in [0.2, 0.25) is 5.78 Å². The highest BCUT2D eigenvalue weighted by Gasteiger charge is 2.56. The zero-order valence-corrected chi connectivity index (χ0v) is 18.3. The fourth-order valence-corrected chi connectivity index (χ4v) is 5.02. The molecule has 1 heterocycles. The normalized spacial score (nSPS) is 26.4. The van der Waals surface area contributed by atoms with Gasteiger partial charge in [-0.2, -0.15) is 0 Å². The van der Waals surface area contributed by atoms with Crippen LogP contribution in [0.25, 0.3) is 0 Å². The van der Waals surface area contributed by atoms with Gasteiger partial charge in [0.25, 0.3) is 5.91 Å². The van der Waals surface area contributed by atoms with Gasteiger partial charge in [-0.05, 0) is 44.4 Å². The third-order valence-electron chi connectivity index (χ3n) is 5.92. The number of rotatable bonds is 5. The zero-order valence-electron chi connectivity index (χ0n) is 18.3. The number of nitrogens with zero attached hydrogens (tertiary/aromatic N) is 1. The number of benzene rings is 1. The van der Waals surface area contributed by atoms with E-state index < -0.39 is 30.2 Å². The van der Waals surface area contributed by atoms with Crippen molar-refractivity contribution in [3.05, 3.63) is 35.4 Å². The van der Waals surface area contributed by atoms with Crippen LogP contribution in [0.4, 0.5) is 4.79 Å². The van der Waals surface area contributed by atoms with Crippen molar-refractivity contribution >= 4 is 23.7 Å². The van der Waals surface area contributed by atoms with Crippen molar-refractivity contribution in [2.45, 2.75) is 65.5 Å². The number of urea groups is 1. The van der Waals surface area contributed by atoms with E-state index in [4.69, 9.17) is 4.74 Å². The summed E-state index contributed by atoms with van der Waals surface area (Å²) in [5.41, 5.74) is 0.394. The number of hydrogen-bond donors (Lipinski definition) is 1. The fraction of sp³-hybridized carbons (Fsp3) is 0.565. The minimum absolute atomic E-state index is 0.0912. The van der Waals surface area contributed by atoms with E-state index in [2.05, 4.69) is 26.1 Å². The van der Waals surface area contributed by atoms with Gasteiger partial charge in [-0.3, -0.25) is 19.3 Å². The number of aryl methyl sites for hydroxylation is 1. The average Bonchev–Trinajstić information content (AvgIpc) is 2.83. The lowest BCUT2D eigenvalue weighted by atomic mass is 9.64. The van der Waals surface area contributed by atoms with E-state index in [0.717, 1.165) is 16.9 Å². The Hall–Kier alpha value is -2.70. The molecule has 0 bridgehead atoms. The molecule has 1 N–H and O–H groups in total. The molecule has 3 unspecified atom stereocenters. The van der Waals surface area contributed by atoms with E-state index in [1.165, 1.54) is 6.92 Å². The molecule has 1 aliphatic heterocycles. The van der Waals surface area contributed by atoms with E-state index >= 15 is 0 Å². The smallest absolute Gasteiger partial charge is 0.326 e. The van der Waals surface area contributed by atoms with Crippen LogP contribution in [0, 0.1) is 18.3 Å². The maximum absolute atomic E-state index is 13.1. The molecule has 3 atom stereocenters. The van der Waals surface area contributed by atoms with Crippen LogP contribution in [-0.2, 0) is 14.3 Å². The van der Waals surface area contributed by atoms with E-state index in [-0.39, 0.29) is 23.0 Å². The van der Waals surface area contributed by atoms with Crippen molar-refractivity contribution in [3.63, 3.8) is 0 Å². The number of carbonyl (C=O) groups is 4. The maximum atomic E-state index is 13.1. The molecule has 7 heteroatoms. The fourth-order valence-electron chi connectivity index (χ4n) is 5.02. The number of amides is 3. The third-order valence-corrected chi connectivity index (χ3v) is 5.92. The van der Waals surface area contributed by atoms with Crippen molar-refractivity contribution in [3.8, 4) is 0 Å². The first kappa shape index (κ1) is 22.0. The molecule has 3 amide bonds. The summed E-state index contributed by atoms with van der Waals surface area (Å²) in [6, 6.07) is 6.38. The van der Waals surface area contributed by atoms with Gasteiger partial charge in [-0.1, -0.05) is 50.6 Å². The summed E-state index contributed by atoms with van der Waals surface area (Å²) in [4.78, 5) is 51.4. The van der Waals surface area contributed by atoms with Crippen molar-refractivity contribution in [1.29, 1.82) is 0 Å². The van der Waals surface area contributed by atoms with Gasteiger partial charge >= 0.3 is 12.0 Å². The average molecular weight is 415 g/mol. The van der Waals surface area contributed by atoms with Gasteiger partial charge in [0.15, 0.2) is 6.10 Å². The number of Topliss-reactive ketones (excluding diaryl/α,β-unsaturated/α-hetero) is 1. The van der Waals surface area contributed by atoms with Crippen molar-refractivity contribution < 1.29 is 23.9 Å². The second-order valence-corrected chi connectivity index (χ2v) is 9.62. The van der Waals surface area contributed by atoms with E-state index in [9.17, 15) is 19.2 Å². The highest BCUT2D eigenvalue weighted by Crippen LogP contribution is 2.46. The molecule has 1 saturated heterocycles. The first-order chi connectivity index (χ1) is 13.9. The molecule has 162 valence electrons. The Bertz CT molecular complexity index is 876. The molecule has 0 radical (unpaired) electrons. The lowest BCUT2D eigenvalue weighted by Gasteiger charge is -2.43. The number of ether oxygens (including phenoxy) is 1. The first-order valence-electron chi connectivity index (χ1n) is 10.4. The summed E-state index contributed by atoms with van der Waals surface area (Å²) in [6.45, 7) is 9.12. The van der Waals surface area contributed by atoms with Crippen molar-refractivity contribution in [2.75, 3.05) is 6.54 Å². The Morgan fingerprint density at radius 3 is 2.43 bits per heavy atom. The number of nitrogens with one attached hydrogen (secondary N) is 1. The molecule has 0 aromatic heterocycles. The Morgan fingerprint density at radius 2 is 1.83 bits per heavy atom. The lowest BCUT2D eigenvalue weighted by Crippen LogP contribution is -2.54. The SMILES string of the molecule is Cc1ccc(C(=O)C(C)OC(=O)CN2C(=O)NC3(CC(C)CC(C)(C)C3)C2=O)cc1. The summed E-state index contributed by atoms with van der Waals surface area (Å²) in [7, 11) is 0. The highest BCUT2D eigenvalue weighted by molar-refractivity contribution is 6.09. The van der Waals surface area contributed by atoms with Gasteiger partial charge in [0.1, 0.15) is 12.1 Å². The zero-order chi connectivity index (χ0) is 22.3. The van der Waals surface area contributed by atoms with Gasteiger partial charge in [0.05, 0.1) is 0 Å². The molecule has 1 aliphatic carbocycles. The van der Waals surface area contributed by atoms with Crippen LogP contribution >= 0.6 is 0 Å². The molecular formula is C23H30N2O5. The van der Waals surface area contributed by atoms with Gasteiger partial charge in [-0.25, -0.2) is 4.79 Å². The Morgan fingerprint density at radius 1 is 1.20 bits per heavy atom. The molecule has 30 heavy (non-hydrogen) atoms. The Kier molecular flexibility index (Phi) is 5.76. The molecule has 1 spiro atoms. The second kappa shape index (κ2) is 7.85. The summed E-state index contributed by atoms with van der Waals surface area (Å²) >= 11 is 0. The minimum atomic E-state index is -1.01. The van der Waals surface area contributed by atoms with Gasteiger partial charge in [-0.15, -0.1) is 0 Å². The van der Waals surface area contributed by atoms with Crippen LogP contribution in [0.1, 0.15) is 62.9 Å². The molecule has 3 rings (SSSR count). The number of esters is 1. The van der Waals surface area contributed by atoms with Crippen LogP contribution in [0.5, 0.6) is 0 Å². The van der Waals surface area contributed by atoms with E-state index in [1.54, 1.807) is 24.3 Å². The molecule has 1 saturated carbocycles. The molecular weight excluding hydrogens is 384 g/mol. The first-order valence-corrected chi connectivity index (χ1v) is 10.4. The van der Waals surface area contributed by atoms with Crippen LogP contribution in [-0.4, -0.2) is 46.8 Å². The van der Waals surface area contributed by atoms with Crippen LogP contribution in [0.15, 0.2) is 24.3 Å². The van der Waals surface area contributed by atoms with Crippen LogP contribution in [0.3, 0.4) is 0 Å². The molecule has 2 fully saturated rings. The maximum Gasteiger partial charge on any atom is 0.326 e. The monoisotopic (exact) mass is 414 g/mol. The molecule has 1 aromatic carbocycles. The Balaban J connectivity index is 1.65. The van der Waals surface area contributed by atoms with Crippen LogP contribution in [0.2, 0.25) is 0 Å². The highest BCUT2D eigenvalue weighted by atomic mass is 16.5. The minimum Gasteiger partial charge on any atom is -0.453 e. The molecule has 1 aromatic rings. The molecule has 2 aliphatic rings.